The van der Waals surface area contributed by atoms with E-state index in [0.717, 1.165) is 0 Å². The number of pyridine rings is 1. The van der Waals surface area contributed by atoms with Crippen LogP contribution < -0.4 is 5.73 Å². The fourth-order valence-electron chi connectivity index (χ4n) is 2.06. The van der Waals surface area contributed by atoms with E-state index in [-0.39, 0.29) is 17.0 Å². The van der Waals surface area contributed by atoms with Gasteiger partial charge in [0.15, 0.2) is 0 Å². The van der Waals surface area contributed by atoms with Gasteiger partial charge >= 0.3 is 0 Å². The third-order valence-electron chi connectivity index (χ3n) is 3.02. The first-order valence-corrected chi connectivity index (χ1v) is 6.67. The van der Waals surface area contributed by atoms with Crippen LogP contribution >= 0.6 is 11.6 Å². The maximum absolute atomic E-state index is 14.1. The number of aliphatic hydroxyl groups is 1. The number of rotatable bonds is 4. The fourth-order valence-corrected chi connectivity index (χ4v) is 2.22. The van der Waals surface area contributed by atoms with Crippen LogP contribution in [0.5, 0.6) is 0 Å². The second kappa shape index (κ2) is 6.20. The Kier molecular flexibility index (Phi) is 4.55. The molecule has 110 valence electrons. The Bertz CT molecular complexity index is 689. The zero-order valence-electron chi connectivity index (χ0n) is 11.3. The lowest BCUT2D eigenvalue weighted by atomic mass is 9.97. The topological polar surface area (TPSA) is 76.2 Å². The zero-order chi connectivity index (χ0) is 15.6. The number of nitrogens with zero attached hydrogens (tertiary/aromatic N) is 1. The summed E-state index contributed by atoms with van der Waals surface area (Å²) in [4.78, 5) is 15.1. The number of amides is 1. The number of primary amides is 1. The standard InChI is InChI=1S/C15H14ClFN2O2/c1-8(20)13-7-19-10(6-15(18)21)5-12(13)11-3-2-9(16)4-14(11)17/h2-5,7-8,20H,6H2,1H3,(H2,18,21). The molecule has 0 spiro atoms. The Balaban J connectivity index is 2.60. The highest BCUT2D eigenvalue weighted by Crippen LogP contribution is 2.31. The summed E-state index contributed by atoms with van der Waals surface area (Å²) in [7, 11) is 0. The molecule has 1 amide bonds. The van der Waals surface area contributed by atoms with Crippen LogP contribution in [-0.2, 0) is 11.2 Å². The summed E-state index contributed by atoms with van der Waals surface area (Å²) in [6.45, 7) is 1.56. The van der Waals surface area contributed by atoms with Gasteiger partial charge in [-0.25, -0.2) is 4.39 Å². The molecule has 21 heavy (non-hydrogen) atoms. The van der Waals surface area contributed by atoms with Crippen LogP contribution in [0.2, 0.25) is 5.02 Å². The van der Waals surface area contributed by atoms with Crippen molar-refractivity contribution in [2.24, 2.45) is 5.73 Å². The molecule has 1 unspecified atom stereocenters. The Hall–Kier alpha value is -1.98. The lowest BCUT2D eigenvalue weighted by molar-refractivity contribution is -0.117. The van der Waals surface area contributed by atoms with E-state index in [1.54, 1.807) is 19.1 Å². The van der Waals surface area contributed by atoms with Crippen molar-refractivity contribution in [1.82, 2.24) is 4.98 Å². The Labute approximate surface area is 126 Å². The van der Waals surface area contributed by atoms with Gasteiger partial charge in [-0.2, -0.15) is 0 Å². The largest absolute Gasteiger partial charge is 0.389 e. The molecule has 0 aliphatic rings. The van der Waals surface area contributed by atoms with Gasteiger partial charge in [0, 0.05) is 22.3 Å². The van der Waals surface area contributed by atoms with Gasteiger partial charge in [0.25, 0.3) is 0 Å². The van der Waals surface area contributed by atoms with Crippen molar-refractivity contribution in [3.05, 3.63) is 52.6 Å². The second-order valence-corrected chi connectivity index (χ2v) is 5.14. The van der Waals surface area contributed by atoms with Crippen molar-refractivity contribution >= 4 is 17.5 Å². The molecule has 6 heteroatoms. The van der Waals surface area contributed by atoms with Gasteiger partial charge in [-0.1, -0.05) is 11.6 Å². The number of aliphatic hydroxyl groups excluding tert-OH is 1. The van der Waals surface area contributed by atoms with Gasteiger partial charge in [-0.05, 0) is 36.8 Å². The number of benzene rings is 1. The van der Waals surface area contributed by atoms with E-state index in [9.17, 15) is 14.3 Å². The molecule has 0 radical (unpaired) electrons. The molecule has 0 fully saturated rings. The zero-order valence-corrected chi connectivity index (χ0v) is 12.1. The van der Waals surface area contributed by atoms with E-state index in [4.69, 9.17) is 17.3 Å². The number of carbonyl (C=O) groups excluding carboxylic acids is 1. The normalized spacial score (nSPS) is 12.2. The molecule has 2 aromatic rings. The van der Waals surface area contributed by atoms with Gasteiger partial charge in [-0.15, -0.1) is 0 Å². The minimum atomic E-state index is -0.829. The van der Waals surface area contributed by atoms with Crippen LogP contribution in [0.1, 0.15) is 24.3 Å². The van der Waals surface area contributed by atoms with E-state index in [0.29, 0.717) is 16.8 Å². The highest BCUT2D eigenvalue weighted by molar-refractivity contribution is 6.30. The Morgan fingerprint density at radius 3 is 2.71 bits per heavy atom. The second-order valence-electron chi connectivity index (χ2n) is 4.71. The van der Waals surface area contributed by atoms with E-state index in [2.05, 4.69) is 4.98 Å². The molecule has 0 saturated carbocycles. The quantitative estimate of drug-likeness (QED) is 0.911. The molecule has 0 aliphatic heterocycles. The maximum Gasteiger partial charge on any atom is 0.223 e. The van der Waals surface area contributed by atoms with Crippen LogP contribution in [0.25, 0.3) is 11.1 Å². The molecule has 0 saturated heterocycles. The third-order valence-corrected chi connectivity index (χ3v) is 3.25. The van der Waals surface area contributed by atoms with Crippen molar-refractivity contribution in [3.8, 4) is 11.1 Å². The molecule has 0 bridgehead atoms. The molecule has 1 aromatic carbocycles. The first-order valence-electron chi connectivity index (χ1n) is 6.29. The van der Waals surface area contributed by atoms with Crippen molar-refractivity contribution in [1.29, 1.82) is 0 Å². The minimum Gasteiger partial charge on any atom is -0.389 e. The molecule has 1 heterocycles. The molecule has 3 N–H and O–H groups in total. The van der Waals surface area contributed by atoms with Gasteiger partial charge < -0.3 is 10.8 Å². The van der Waals surface area contributed by atoms with Gasteiger partial charge in [0.1, 0.15) is 5.82 Å². The monoisotopic (exact) mass is 308 g/mol. The van der Waals surface area contributed by atoms with Crippen molar-refractivity contribution in [3.63, 3.8) is 0 Å². The van der Waals surface area contributed by atoms with E-state index < -0.39 is 17.8 Å². The van der Waals surface area contributed by atoms with Crippen molar-refractivity contribution in [2.45, 2.75) is 19.4 Å². The van der Waals surface area contributed by atoms with Crippen LogP contribution in [0.15, 0.2) is 30.5 Å². The Morgan fingerprint density at radius 1 is 1.43 bits per heavy atom. The predicted molar refractivity (Wildman–Crippen MR) is 78.2 cm³/mol. The maximum atomic E-state index is 14.1. The minimum absolute atomic E-state index is 0.0533. The van der Waals surface area contributed by atoms with Gasteiger partial charge in [0.05, 0.1) is 18.2 Å². The number of hydrogen-bond donors (Lipinski definition) is 2. The number of aromatic nitrogens is 1. The predicted octanol–water partition coefficient (Wildman–Crippen LogP) is 2.62. The third kappa shape index (κ3) is 3.56. The van der Waals surface area contributed by atoms with Gasteiger partial charge in [0.2, 0.25) is 5.91 Å². The lowest BCUT2D eigenvalue weighted by Crippen LogP contribution is -2.15. The van der Waals surface area contributed by atoms with Crippen LogP contribution in [0.3, 0.4) is 0 Å². The lowest BCUT2D eigenvalue weighted by Gasteiger charge is -2.14. The number of hydrogen-bond acceptors (Lipinski definition) is 3. The SMILES string of the molecule is CC(O)c1cnc(CC(N)=O)cc1-c1ccc(Cl)cc1F. The molecular formula is C15H14ClFN2O2. The summed E-state index contributed by atoms with van der Waals surface area (Å²) >= 11 is 5.74. The summed E-state index contributed by atoms with van der Waals surface area (Å²) in [6, 6.07) is 5.82. The molecule has 1 aromatic heterocycles. The average molecular weight is 309 g/mol. The molecule has 1 atom stereocenters. The van der Waals surface area contributed by atoms with Crippen LogP contribution in [-0.4, -0.2) is 16.0 Å². The number of nitrogens with two attached hydrogens (primary N) is 1. The summed E-state index contributed by atoms with van der Waals surface area (Å²) in [6.07, 6.45) is 0.541. The average Bonchev–Trinajstić information content (AvgIpc) is 2.37. The fraction of sp³-hybridized carbons (Fsp3) is 0.200. The summed E-state index contributed by atoms with van der Waals surface area (Å²) in [5.74, 6) is -1.05. The summed E-state index contributed by atoms with van der Waals surface area (Å²) < 4.78 is 14.1. The van der Waals surface area contributed by atoms with E-state index in [1.807, 2.05) is 0 Å². The van der Waals surface area contributed by atoms with Gasteiger partial charge in [-0.3, -0.25) is 9.78 Å². The number of carbonyl (C=O) groups is 1. The van der Waals surface area contributed by atoms with E-state index >= 15 is 0 Å². The van der Waals surface area contributed by atoms with Crippen molar-refractivity contribution in [2.75, 3.05) is 0 Å². The molecule has 4 nitrogen and oxygen atoms in total. The Morgan fingerprint density at radius 2 is 2.14 bits per heavy atom. The van der Waals surface area contributed by atoms with Crippen molar-refractivity contribution < 1.29 is 14.3 Å². The molecule has 2 rings (SSSR count). The van der Waals surface area contributed by atoms with E-state index in [1.165, 1.54) is 18.3 Å². The summed E-state index contributed by atoms with van der Waals surface area (Å²) in [5.41, 5.74) is 6.76. The first-order chi connectivity index (χ1) is 9.88. The highest BCUT2D eigenvalue weighted by Gasteiger charge is 2.16. The summed E-state index contributed by atoms with van der Waals surface area (Å²) in [5, 5.41) is 10.1. The smallest absolute Gasteiger partial charge is 0.223 e. The molecule has 0 aliphatic carbocycles. The first kappa shape index (κ1) is 15.4. The highest BCUT2D eigenvalue weighted by atomic mass is 35.5. The van der Waals surface area contributed by atoms with Crippen LogP contribution in [0, 0.1) is 5.82 Å². The number of halogens is 2. The van der Waals surface area contributed by atoms with Crippen LogP contribution in [0.4, 0.5) is 4.39 Å². The molecular weight excluding hydrogens is 295 g/mol.